The predicted octanol–water partition coefficient (Wildman–Crippen LogP) is 6.55. The molecule has 0 bridgehead atoms. The molecule has 0 aliphatic heterocycles. The molecule has 37 heavy (non-hydrogen) atoms. The zero-order valence-corrected chi connectivity index (χ0v) is 24.4. The van der Waals surface area contributed by atoms with Crippen molar-refractivity contribution in [2.45, 2.75) is 58.2 Å². The third-order valence-corrected chi connectivity index (χ3v) is 16.8. The van der Waals surface area contributed by atoms with Crippen LogP contribution in [0.25, 0.3) is 0 Å². The highest BCUT2D eigenvalue weighted by atomic mass is 28.4. The molecule has 0 aliphatic carbocycles. The van der Waals surface area contributed by atoms with Crippen molar-refractivity contribution >= 4 is 44.4 Å². The Kier molecular flexibility index (Phi) is 9.34. The van der Waals surface area contributed by atoms with Crippen molar-refractivity contribution in [2.24, 2.45) is 10.2 Å². The Morgan fingerprint density at radius 3 is 1.14 bits per heavy atom. The number of carbonyl (C=O) groups excluding carboxylic acids is 2. The van der Waals surface area contributed by atoms with Gasteiger partial charge >= 0.3 is 20.5 Å². The molecule has 3 rings (SSSR count). The highest BCUT2D eigenvalue weighted by molar-refractivity contribution is 7.07. The molecule has 0 unspecified atom stereocenters. The van der Waals surface area contributed by atoms with Crippen LogP contribution in [0.15, 0.2) is 101 Å². The van der Waals surface area contributed by atoms with Gasteiger partial charge in [-0.2, -0.15) is 0 Å². The van der Waals surface area contributed by atoms with Gasteiger partial charge in [-0.3, -0.25) is 0 Å². The number of hydrogen-bond acceptors (Lipinski definition) is 4. The summed E-state index contributed by atoms with van der Waals surface area (Å²) in [5.74, 6) is 0. The number of hydrogen-bond donors (Lipinski definition) is 0. The number of nitrogens with zero attached hydrogens (tertiary/aromatic N) is 2. The van der Waals surface area contributed by atoms with E-state index in [4.69, 9.17) is 8.85 Å². The number of benzene rings is 3. The topological polar surface area (TPSA) is 77.3 Å². The first-order valence-electron chi connectivity index (χ1n) is 12.7. The molecule has 0 spiro atoms. The van der Waals surface area contributed by atoms with Crippen LogP contribution < -0.4 is 15.6 Å². The van der Waals surface area contributed by atoms with Gasteiger partial charge in [0, 0.05) is 0 Å². The normalized spacial score (nSPS) is 12.4. The molecule has 0 saturated heterocycles. The van der Waals surface area contributed by atoms with E-state index in [1.54, 1.807) is 0 Å². The molecule has 3 aromatic carbocycles. The molecule has 6 nitrogen and oxygen atoms in total. The van der Waals surface area contributed by atoms with E-state index >= 15 is 0 Å². The third-order valence-electron chi connectivity index (χ3n) is 6.97. The van der Waals surface area contributed by atoms with Crippen molar-refractivity contribution in [2.75, 3.05) is 0 Å². The summed E-state index contributed by atoms with van der Waals surface area (Å²) in [4.78, 5) is 26.0. The van der Waals surface area contributed by atoms with Crippen LogP contribution in [0.2, 0.25) is 16.6 Å². The van der Waals surface area contributed by atoms with Crippen LogP contribution in [0, 0.1) is 0 Å². The second-order valence-corrected chi connectivity index (χ2v) is 18.7. The minimum absolute atomic E-state index is 0.188. The Labute approximate surface area is 222 Å². The number of amides is 2. The summed E-state index contributed by atoms with van der Waals surface area (Å²) < 4.78 is 12.3. The maximum absolute atomic E-state index is 13.2. The largest absolute Gasteiger partial charge is 0.500 e. The minimum Gasteiger partial charge on any atom is -0.500 e. The molecule has 0 aromatic heterocycles. The molecular formula is C29H36N2O4Si2. The van der Waals surface area contributed by atoms with E-state index in [1.165, 1.54) is 0 Å². The van der Waals surface area contributed by atoms with Gasteiger partial charge in [0.2, 0.25) is 0 Å². The monoisotopic (exact) mass is 532 g/mol. The first kappa shape index (κ1) is 28.2. The molecular weight excluding hydrogens is 497 g/mol. The first-order chi connectivity index (χ1) is 17.6. The molecule has 0 N–H and O–H groups in total. The Balaban J connectivity index is 1.99. The van der Waals surface area contributed by atoms with Crippen molar-refractivity contribution in [1.82, 2.24) is 0 Å². The van der Waals surface area contributed by atoms with Crippen LogP contribution in [-0.2, 0) is 8.85 Å². The van der Waals surface area contributed by atoms with Gasteiger partial charge in [0.05, 0.1) is 0 Å². The van der Waals surface area contributed by atoms with Crippen LogP contribution in [0.4, 0.5) is 9.59 Å². The molecule has 2 amide bonds. The van der Waals surface area contributed by atoms with Crippen LogP contribution >= 0.6 is 0 Å². The van der Waals surface area contributed by atoms with Crippen LogP contribution in [0.1, 0.15) is 41.5 Å². The molecule has 0 aliphatic rings. The molecule has 0 saturated carbocycles. The van der Waals surface area contributed by atoms with Gasteiger partial charge < -0.3 is 8.85 Å². The lowest BCUT2D eigenvalue weighted by Gasteiger charge is -2.40. The third kappa shape index (κ3) is 5.97. The summed E-state index contributed by atoms with van der Waals surface area (Å²) in [7, 11) is -5.82. The first-order valence-corrected chi connectivity index (χ1v) is 16.7. The molecule has 0 heterocycles. The fourth-order valence-electron chi connectivity index (χ4n) is 5.45. The molecule has 0 atom stereocenters. The summed E-state index contributed by atoms with van der Waals surface area (Å²) in [6.45, 7) is 12.4. The number of rotatable bonds is 8. The van der Waals surface area contributed by atoms with E-state index in [2.05, 4.69) is 51.8 Å². The van der Waals surface area contributed by atoms with Gasteiger partial charge in [0.1, 0.15) is 0 Å². The molecule has 194 valence electrons. The Morgan fingerprint density at radius 2 is 0.838 bits per heavy atom. The van der Waals surface area contributed by atoms with Crippen LogP contribution in [0.5, 0.6) is 0 Å². The predicted molar refractivity (Wildman–Crippen MR) is 153 cm³/mol. The Morgan fingerprint density at radius 1 is 0.541 bits per heavy atom. The quantitative estimate of drug-likeness (QED) is 0.187. The van der Waals surface area contributed by atoms with Crippen LogP contribution in [-0.4, -0.2) is 28.8 Å². The number of carbonyl (C=O) groups is 2. The van der Waals surface area contributed by atoms with Crippen molar-refractivity contribution in [3.05, 3.63) is 91.0 Å². The maximum Gasteiger partial charge on any atom is 0.439 e. The second kappa shape index (κ2) is 12.2. The summed E-state index contributed by atoms with van der Waals surface area (Å²) in [5, 5.41) is 10.00. The Hall–Kier alpha value is -3.37. The van der Waals surface area contributed by atoms with Crippen molar-refractivity contribution in [3.63, 3.8) is 0 Å². The van der Waals surface area contributed by atoms with Gasteiger partial charge in [0.25, 0.3) is 8.32 Å². The van der Waals surface area contributed by atoms with E-state index in [-0.39, 0.29) is 16.6 Å². The van der Waals surface area contributed by atoms with Crippen molar-refractivity contribution < 1.29 is 18.4 Å². The van der Waals surface area contributed by atoms with Crippen molar-refractivity contribution in [3.8, 4) is 0 Å². The fourth-order valence-corrected chi connectivity index (χ4v) is 14.1. The molecule has 3 aromatic rings. The fraction of sp³-hybridized carbons (Fsp3) is 0.310. The number of azo groups is 1. The standard InChI is InChI=1S/C29H36N2O4Si2/c1-22(2)36(23(3)4,24(5)6)34-28(32)30-31-29(33)35-37(25-16-10-7-11-17-25,26-18-12-8-13-19-26)27-20-14-9-15-21-27/h7-24H,1-6H3/b31-30+. The summed E-state index contributed by atoms with van der Waals surface area (Å²) >= 11 is 0. The smallest absolute Gasteiger partial charge is 0.439 e. The lowest BCUT2D eigenvalue weighted by Crippen LogP contribution is -2.69. The highest BCUT2D eigenvalue weighted by Crippen LogP contribution is 2.42. The maximum atomic E-state index is 13.2. The SMILES string of the molecule is CC(C)[Si](OC(=O)/N=N/C(=O)O[Si](c1ccccc1)(c1ccccc1)c1ccccc1)(C(C)C)C(C)C. The van der Waals surface area contributed by atoms with Gasteiger partial charge in [-0.15, -0.1) is 0 Å². The molecule has 0 fully saturated rings. The summed E-state index contributed by atoms with van der Waals surface area (Å²) in [5.41, 5.74) is 0.564. The minimum atomic E-state index is -3.31. The molecule has 0 radical (unpaired) electrons. The van der Waals surface area contributed by atoms with E-state index in [1.807, 2.05) is 91.0 Å². The summed E-state index contributed by atoms with van der Waals surface area (Å²) in [6, 6.07) is 29.0. The van der Waals surface area contributed by atoms with Crippen LogP contribution in [0.3, 0.4) is 0 Å². The average Bonchev–Trinajstić information content (AvgIpc) is 2.90. The highest BCUT2D eigenvalue weighted by Gasteiger charge is 2.49. The zero-order chi connectivity index (χ0) is 27.1. The van der Waals surface area contributed by atoms with E-state index in [9.17, 15) is 9.59 Å². The average molecular weight is 533 g/mol. The summed E-state index contributed by atoms with van der Waals surface area (Å²) in [6.07, 6.45) is -1.77. The molecule has 8 heteroatoms. The second-order valence-electron chi connectivity index (χ2n) is 10.0. The van der Waals surface area contributed by atoms with Gasteiger partial charge in [0.15, 0.2) is 0 Å². The van der Waals surface area contributed by atoms with E-state index in [0.29, 0.717) is 0 Å². The van der Waals surface area contributed by atoms with Gasteiger partial charge in [-0.25, -0.2) is 9.59 Å². The lowest BCUT2D eigenvalue weighted by atomic mass is 10.3. The van der Waals surface area contributed by atoms with Gasteiger partial charge in [-0.1, -0.05) is 143 Å². The van der Waals surface area contributed by atoms with Gasteiger partial charge in [-0.05, 0) is 32.2 Å². The lowest BCUT2D eigenvalue weighted by molar-refractivity contribution is 0.196. The van der Waals surface area contributed by atoms with E-state index < -0.39 is 28.8 Å². The van der Waals surface area contributed by atoms with E-state index in [0.717, 1.165) is 15.6 Å². The van der Waals surface area contributed by atoms with Crippen molar-refractivity contribution in [1.29, 1.82) is 0 Å². The zero-order valence-electron chi connectivity index (χ0n) is 22.4. The Bertz CT molecular complexity index is 1080.